The van der Waals surface area contributed by atoms with Crippen molar-refractivity contribution in [3.05, 3.63) is 82.4 Å². The number of carbonyl (C=O) groups is 3. The molecule has 0 atom stereocenters. The largest absolute Gasteiger partial charge is 0.449 e. The quantitative estimate of drug-likeness (QED) is 0.106. The predicted octanol–water partition coefficient (Wildman–Crippen LogP) is 8.02. The van der Waals surface area contributed by atoms with Gasteiger partial charge in [-0.1, -0.05) is 20.8 Å². The number of hydrogen-bond acceptors (Lipinski definition) is 16. The highest BCUT2D eigenvalue weighted by atomic mass is 32.2. The Kier molecular flexibility index (Phi) is 15.9. The predicted molar refractivity (Wildman–Crippen MR) is 249 cm³/mol. The molecule has 6 heterocycles. The number of nitrogens with zero attached hydrogens (tertiary/aromatic N) is 10. The number of nitrogens with one attached hydrogen (secondary N) is 1. The molecular formula is C45H44F10N12O8S2. The van der Waals surface area contributed by atoms with Gasteiger partial charge in [-0.2, -0.15) is 49.6 Å². The van der Waals surface area contributed by atoms with Crippen molar-refractivity contribution < 1.29 is 80.0 Å². The van der Waals surface area contributed by atoms with Gasteiger partial charge in [-0.15, -0.1) is 5.06 Å². The first kappa shape index (κ1) is 58.8. The molecule has 20 nitrogen and oxygen atoms in total. The van der Waals surface area contributed by atoms with Crippen molar-refractivity contribution in [1.82, 2.24) is 24.2 Å². The smallest absolute Gasteiger partial charge is 0.355 e. The molecule has 2 saturated heterocycles. The molecule has 4 aromatic heterocycles. The number of halogens is 10. The van der Waals surface area contributed by atoms with Crippen molar-refractivity contribution in [2.45, 2.75) is 107 Å². The first-order chi connectivity index (χ1) is 35.3. The highest BCUT2D eigenvalue weighted by Gasteiger charge is 2.48. The lowest BCUT2D eigenvalue weighted by atomic mass is 9.82. The van der Waals surface area contributed by atoms with Crippen LogP contribution in [0.3, 0.4) is 0 Å². The molecular weight excluding hydrogens is 1090 g/mol. The minimum absolute atomic E-state index is 0.0593. The Balaban J connectivity index is 1.48. The summed E-state index contributed by atoms with van der Waals surface area (Å²) >= 11 is 0. The molecule has 2 aliphatic heterocycles. The standard InChI is InChI=1S/C45H44F10N12O8S2/c1-40(2,3)24-41(4,5)67(77(73,74)32-20-27(6-12-60-32)61-37(68)29-18-25(22-56)33(44(50,51)52)62-35(29)64-14-8-42(46,47)9-15-64)39(70)75-66(28-7-13-59-31(21-28)76(58,71)72)38(69)30-19-26(23-57)34(45(53,54)55)63-36(30)65-16-10-43(48,49)11-17-65/h6-7,12-13,18-21H,8-11,14-17,24H2,1-5H3,(H2,58,71,72)(H,60,61,68). The molecule has 0 bridgehead atoms. The van der Waals surface area contributed by atoms with Crippen molar-refractivity contribution in [3.8, 4) is 12.1 Å². The summed E-state index contributed by atoms with van der Waals surface area (Å²) in [5, 5.41) is 24.7. The van der Waals surface area contributed by atoms with Gasteiger partial charge in [0.1, 0.15) is 23.8 Å². The molecule has 3 amide bonds. The van der Waals surface area contributed by atoms with Crippen LogP contribution in [0.25, 0.3) is 0 Å². The summed E-state index contributed by atoms with van der Waals surface area (Å²) in [4.78, 5) is 65.5. The molecule has 32 heteroatoms. The lowest BCUT2D eigenvalue weighted by Gasteiger charge is -2.40. The third-order valence-corrected chi connectivity index (χ3v) is 14.3. The molecule has 0 aromatic carbocycles. The van der Waals surface area contributed by atoms with Crippen molar-refractivity contribution in [2.75, 3.05) is 46.4 Å². The zero-order chi connectivity index (χ0) is 57.6. The maximum Gasteiger partial charge on any atom is 0.449 e. The number of hydrogen-bond donors (Lipinski definition) is 2. The molecule has 77 heavy (non-hydrogen) atoms. The number of carbonyl (C=O) groups excluding carboxylic acids is 3. The van der Waals surface area contributed by atoms with Gasteiger partial charge >= 0.3 is 18.4 Å². The van der Waals surface area contributed by atoms with Crippen LogP contribution in [0.2, 0.25) is 0 Å². The van der Waals surface area contributed by atoms with Crippen molar-refractivity contribution in [3.63, 3.8) is 0 Å². The summed E-state index contributed by atoms with van der Waals surface area (Å²) < 4.78 is 197. The van der Waals surface area contributed by atoms with Crippen LogP contribution in [0.5, 0.6) is 0 Å². The van der Waals surface area contributed by atoms with Crippen molar-refractivity contribution in [1.29, 1.82) is 10.5 Å². The summed E-state index contributed by atoms with van der Waals surface area (Å²) in [6.07, 6.45) is -15.1. The number of alkyl halides is 10. The van der Waals surface area contributed by atoms with E-state index in [0.717, 1.165) is 28.1 Å². The summed E-state index contributed by atoms with van der Waals surface area (Å²) in [6, 6.07) is 6.33. The molecule has 0 spiro atoms. The van der Waals surface area contributed by atoms with E-state index in [2.05, 4.69) is 25.3 Å². The number of nitriles is 2. The van der Waals surface area contributed by atoms with Gasteiger partial charge in [0.2, 0.25) is 0 Å². The molecule has 0 unspecified atom stereocenters. The van der Waals surface area contributed by atoms with E-state index in [4.69, 9.17) is 9.98 Å². The summed E-state index contributed by atoms with van der Waals surface area (Å²) in [6.45, 7) is 4.62. The number of rotatable bonds is 11. The summed E-state index contributed by atoms with van der Waals surface area (Å²) in [5.41, 5.74) is -12.1. The van der Waals surface area contributed by atoms with Crippen LogP contribution in [0, 0.1) is 28.1 Å². The third kappa shape index (κ3) is 13.4. The number of piperidine rings is 2. The number of anilines is 4. The molecule has 0 radical (unpaired) electrons. The van der Waals surface area contributed by atoms with Gasteiger partial charge < -0.3 is 20.0 Å². The van der Waals surface area contributed by atoms with Crippen LogP contribution >= 0.6 is 0 Å². The molecule has 2 aliphatic rings. The zero-order valence-corrected chi connectivity index (χ0v) is 42.5. The van der Waals surface area contributed by atoms with E-state index in [1.165, 1.54) is 26.0 Å². The van der Waals surface area contributed by atoms with Crippen LogP contribution in [-0.4, -0.2) is 103 Å². The third-order valence-electron chi connectivity index (χ3n) is 11.6. The molecule has 6 rings (SSSR count). The van der Waals surface area contributed by atoms with E-state index in [1.54, 1.807) is 20.8 Å². The fourth-order valence-electron chi connectivity index (χ4n) is 8.59. The van der Waals surface area contributed by atoms with Gasteiger partial charge in [0.25, 0.3) is 43.7 Å². The van der Waals surface area contributed by atoms with Gasteiger partial charge in [0.15, 0.2) is 21.4 Å². The molecule has 414 valence electrons. The lowest BCUT2D eigenvalue weighted by molar-refractivity contribution is -0.142. The van der Waals surface area contributed by atoms with Crippen LogP contribution in [0.15, 0.2) is 58.8 Å². The van der Waals surface area contributed by atoms with Crippen LogP contribution in [-0.2, 0) is 37.2 Å². The van der Waals surface area contributed by atoms with Gasteiger partial charge in [0.05, 0.1) is 33.5 Å². The lowest BCUT2D eigenvalue weighted by Crippen LogP contribution is -2.54. The average Bonchev–Trinajstić information content (AvgIpc) is 3.30. The second-order valence-electron chi connectivity index (χ2n) is 19.4. The Hall–Kier alpha value is -7.45. The monoisotopic (exact) mass is 1130 g/mol. The minimum atomic E-state index is -5.53. The number of hydroxylamine groups is 1. The fraction of sp³-hybridized carbons (Fsp3) is 0.444. The number of nitrogens with two attached hydrogens (primary N) is 1. The maximum atomic E-state index is 15.0. The molecule has 2 fully saturated rings. The molecule has 3 N–H and O–H groups in total. The van der Waals surface area contributed by atoms with Gasteiger partial charge in [0, 0.05) is 82.1 Å². The Morgan fingerprint density at radius 3 is 1.64 bits per heavy atom. The Bertz CT molecular complexity index is 3310. The molecule has 0 saturated carbocycles. The van der Waals surface area contributed by atoms with Crippen LogP contribution in [0.4, 0.5) is 71.7 Å². The highest BCUT2D eigenvalue weighted by Crippen LogP contribution is 2.41. The van der Waals surface area contributed by atoms with Gasteiger partial charge in [-0.25, -0.2) is 55.8 Å². The number of pyridine rings is 4. The average molecular weight is 1140 g/mol. The zero-order valence-electron chi connectivity index (χ0n) is 40.9. The summed E-state index contributed by atoms with van der Waals surface area (Å²) in [5.74, 6) is -11.4. The number of sulfonamides is 2. The maximum absolute atomic E-state index is 15.0. The molecule has 4 aromatic rings. The van der Waals surface area contributed by atoms with Crippen molar-refractivity contribution >= 4 is 61.0 Å². The van der Waals surface area contributed by atoms with E-state index in [-0.39, 0.29) is 15.8 Å². The Labute approximate surface area is 432 Å². The van der Waals surface area contributed by atoms with E-state index in [1.807, 2.05) is 0 Å². The second-order valence-corrected chi connectivity index (χ2v) is 22.7. The number of amides is 3. The van der Waals surface area contributed by atoms with Gasteiger partial charge in [-0.3, -0.25) is 9.59 Å². The fourth-order valence-corrected chi connectivity index (χ4v) is 10.7. The van der Waals surface area contributed by atoms with E-state index >= 15 is 8.42 Å². The van der Waals surface area contributed by atoms with Crippen molar-refractivity contribution in [2.24, 2.45) is 10.6 Å². The number of aromatic nitrogens is 4. The van der Waals surface area contributed by atoms with Gasteiger partial charge in [-0.05, 0) is 49.9 Å². The highest BCUT2D eigenvalue weighted by molar-refractivity contribution is 7.89. The Morgan fingerprint density at radius 1 is 0.727 bits per heavy atom. The minimum Gasteiger partial charge on any atom is -0.355 e. The molecule has 0 aliphatic carbocycles. The second kappa shape index (κ2) is 20.8. The normalized spacial score (nSPS) is 16.2. The van der Waals surface area contributed by atoms with E-state index < -0.39 is 192 Å². The van der Waals surface area contributed by atoms with Crippen LogP contribution in [0.1, 0.15) is 110 Å². The SMILES string of the molecule is CC(C)(C)CC(C)(C)N(C(=O)ON(C(=O)c1cc(C#N)c(C(F)(F)F)nc1N1CCC(F)(F)CC1)c1ccnc(S(N)(=O)=O)c1)S(=O)(=O)c1cc(NC(=O)c2cc(C#N)c(C(F)(F)F)nc2N2CCC(F)(F)CC2)ccn1. The first-order valence-electron chi connectivity index (χ1n) is 22.5. The Morgan fingerprint density at radius 2 is 1.18 bits per heavy atom. The first-order valence-corrected chi connectivity index (χ1v) is 25.5. The summed E-state index contributed by atoms with van der Waals surface area (Å²) in [7, 11) is -10.3. The van der Waals surface area contributed by atoms with Crippen LogP contribution < -0.4 is 25.3 Å². The van der Waals surface area contributed by atoms with E-state index in [0.29, 0.717) is 30.5 Å². The topological polar surface area (TPSA) is 279 Å². The van der Waals surface area contributed by atoms with E-state index in [9.17, 15) is 77.2 Å². The number of primary sulfonamides is 1.